The van der Waals surface area contributed by atoms with Crippen LogP contribution in [0.2, 0.25) is 0 Å². The Morgan fingerprint density at radius 3 is 1.82 bits per heavy atom. The number of hydrogen-bond donors (Lipinski definition) is 0. The maximum absolute atomic E-state index is 5.10. The van der Waals surface area contributed by atoms with Gasteiger partial charge in [0.2, 0.25) is 5.95 Å². The average molecular weight is 565 g/mol. The molecule has 208 valence electrons. The summed E-state index contributed by atoms with van der Waals surface area (Å²) in [6.07, 6.45) is 0. The molecule has 0 atom stereocenters. The third-order valence-corrected chi connectivity index (χ3v) is 9.24. The monoisotopic (exact) mass is 564 g/mol. The Morgan fingerprint density at radius 1 is 0.477 bits per heavy atom. The lowest BCUT2D eigenvalue weighted by atomic mass is 9.80. The molecule has 0 fully saturated rings. The van der Waals surface area contributed by atoms with E-state index in [9.17, 15) is 0 Å². The van der Waals surface area contributed by atoms with Crippen molar-refractivity contribution in [2.75, 3.05) is 0 Å². The highest BCUT2D eigenvalue weighted by Crippen LogP contribution is 2.52. The summed E-state index contributed by atoms with van der Waals surface area (Å²) in [6.45, 7) is 4.71. The summed E-state index contributed by atoms with van der Waals surface area (Å²) < 4.78 is 2.21. The fraction of sp³-hybridized carbons (Fsp3) is 0.0750. The van der Waals surface area contributed by atoms with Crippen molar-refractivity contribution in [3.63, 3.8) is 0 Å². The van der Waals surface area contributed by atoms with Gasteiger partial charge in [0.1, 0.15) is 0 Å². The van der Waals surface area contributed by atoms with Crippen LogP contribution in [0.15, 0.2) is 133 Å². The van der Waals surface area contributed by atoms with Crippen molar-refractivity contribution in [1.82, 2.24) is 19.5 Å². The maximum Gasteiger partial charge on any atom is 0.238 e. The van der Waals surface area contributed by atoms with E-state index in [0.29, 0.717) is 17.6 Å². The average Bonchev–Trinajstić information content (AvgIpc) is 3.54. The van der Waals surface area contributed by atoms with Crippen LogP contribution in [-0.2, 0) is 5.41 Å². The maximum atomic E-state index is 5.10. The van der Waals surface area contributed by atoms with Gasteiger partial charge in [-0.25, -0.2) is 4.98 Å². The fourth-order valence-electron chi connectivity index (χ4n) is 7.28. The van der Waals surface area contributed by atoms with Crippen LogP contribution in [0.25, 0.3) is 72.4 Å². The minimum Gasteiger partial charge on any atom is -0.278 e. The number of aromatic nitrogens is 4. The van der Waals surface area contributed by atoms with Gasteiger partial charge in [-0.05, 0) is 45.2 Å². The van der Waals surface area contributed by atoms with Crippen molar-refractivity contribution in [2.45, 2.75) is 19.3 Å². The Bertz CT molecular complexity index is 2350. The van der Waals surface area contributed by atoms with E-state index >= 15 is 0 Å². The number of nitrogens with zero attached hydrogens (tertiary/aromatic N) is 4. The summed E-state index contributed by atoms with van der Waals surface area (Å²) in [5.74, 6) is 1.91. The van der Waals surface area contributed by atoms with Crippen LogP contribution >= 0.6 is 0 Å². The molecular formula is C40H28N4. The number of rotatable bonds is 3. The zero-order valence-corrected chi connectivity index (χ0v) is 24.5. The van der Waals surface area contributed by atoms with Crippen molar-refractivity contribution in [2.24, 2.45) is 0 Å². The predicted octanol–water partition coefficient (Wildman–Crippen LogP) is 9.76. The van der Waals surface area contributed by atoms with Gasteiger partial charge in [-0.15, -0.1) is 0 Å². The van der Waals surface area contributed by atoms with Crippen LogP contribution in [0, 0.1) is 0 Å². The Labute approximate surface area is 255 Å². The Morgan fingerprint density at radius 2 is 1.09 bits per heavy atom. The lowest BCUT2D eigenvalue weighted by molar-refractivity contribution is 0.666. The van der Waals surface area contributed by atoms with E-state index in [1.807, 2.05) is 60.7 Å². The molecule has 2 heterocycles. The second-order valence-electron chi connectivity index (χ2n) is 12.1. The van der Waals surface area contributed by atoms with Crippen LogP contribution in [-0.4, -0.2) is 19.5 Å². The van der Waals surface area contributed by atoms with E-state index in [1.54, 1.807) is 0 Å². The largest absolute Gasteiger partial charge is 0.278 e. The van der Waals surface area contributed by atoms with Crippen LogP contribution in [0.1, 0.15) is 25.0 Å². The second kappa shape index (κ2) is 9.19. The molecule has 0 saturated heterocycles. The molecule has 8 aromatic rings. The highest BCUT2D eigenvalue weighted by atomic mass is 15.2. The molecule has 0 unspecified atom stereocenters. The number of benzene rings is 6. The molecule has 44 heavy (non-hydrogen) atoms. The molecule has 0 radical (unpaired) electrons. The van der Waals surface area contributed by atoms with Crippen LogP contribution in [0.3, 0.4) is 0 Å². The van der Waals surface area contributed by atoms with Crippen molar-refractivity contribution in [3.8, 4) is 39.9 Å². The van der Waals surface area contributed by atoms with E-state index in [-0.39, 0.29) is 5.41 Å². The zero-order chi connectivity index (χ0) is 29.4. The molecule has 1 aliphatic rings. The summed E-state index contributed by atoms with van der Waals surface area (Å²) in [5, 5.41) is 4.95. The molecular weight excluding hydrogens is 536 g/mol. The van der Waals surface area contributed by atoms with Gasteiger partial charge in [-0.2, -0.15) is 9.97 Å². The highest BCUT2D eigenvalue weighted by molar-refractivity contribution is 6.22. The Balaban J connectivity index is 1.36. The van der Waals surface area contributed by atoms with E-state index in [2.05, 4.69) is 91.2 Å². The van der Waals surface area contributed by atoms with E-state index in [4.69, 9.17) is 15.0 Å². The lowest BCUT2D eigenvalue weighted by Crippen LogP contribution is -2.15. The zero-order valence-electron chi connectivity index (χ0n) is 24.5. The van der Waals surface area contributed by atoms with Crippen LogP contribution in [0.5, 0.6) is 0 Å². The van der Waals surface area contributed by atoms with E-state index in [0.717, 1.165) is 22.2 Å². The van der Waals surface area contributed by atoms with Crippen molar-refractivity contribution < 1.29 is 0 Å². The molecule has 9 rings (SSSR count). The molecule has 2 aromatic heterocycles. The highest BCUT2D eigenvalue weighted by Gasteiger charge is 2.37. The van der Waals surface area contributed by atoms with Gasteiger partial charge in [0.05, 0.1) is 11.0 Å². The molecule has 0 saturated carbocycles. The van der Waals surface area contributed by atoms with Gasteiger partial charge in [0, 0.05) is 27.3 Å². The first-order valence-electron chi connectivity index (χ1n) is 15.1. The SMILES string of the molecule is CC1(C)c2ccccc2-c2ccc3c(ccc4c3c3ccccc3n4-c3nc(-c4ccccc4)nc(-c4ccccc4)n3)c21. The normalized spacial score (nSPS) is 13.4. The Kier molecular flexibility index (Phi) is 5.21. The summed E-state index contributed by atoms with van der Waals surface area (Å²) in [6, 6.07) is 46.9. The standard InChI is InChI=1S/C40H28N4/c1-40(2)32-19-11-9-17-27(32)29-22-21-28-30(36(29)40)23-24-34-35(28)31-18-10-12-20-33(31)44(34)39-42-37(25-13-5-3-6-14-25)41-38(43-39)26-15-7-4-8-16-26/h3-24H,1-2H3. The molecule has 4 heteroatoms. The summed E-state index contributed by atoms with van der Waals surface area (Å²) in [4.78, 5) is 15.1. The molecule has 0 amide bonds. The predicted molar refractivity (Wildman–Crippen MR) is 180 cm³/mol. The van der Waals surface area contributed by atoms with Crippen LogP contribution < -0.4 is 0 Å². The minimum absolute atomic E-state index is 0.0964. The number of para-hydroxylation sites is 1. The molecule has 0 aliphatic heterocycles. The van der Waals surface area contributed by atoms with Crippen molar-refractivity contribution >= 4 is 32.6 Å². The lowest BCUT2D eigenvalue weighted by Gasteiger charge is -2.23. The molecule has 1 aliphatic carbocycles. The summed E-state index contributed by atoms with van der Waals surface area (Å²) >= 11 is 0. The second-order valence-corrected chi connectivity index (χ2v) is 12.1. The molecule has 0 N–H and O–H groups in total. The Hall–Kier alpha value is -5.61. The number of fused-ring (bicyclic) bond motifs is 9. The first kappa shape index (κ1) is 24.9. The third kappa shape index (κ3) is 3.48. The van der Waals surface area contributed by atoms with Gasteiger partial charge >= 0.3 is 0 Å². The first-order chi connectivity index (χ1) is 21.6. The van der Waals surface area contributed by atoms with E-state index in [1.165, 1.54) is 43.8 Å². The molecule has 0 spiro atoms. The fourth-order valence-corrected chi connectivity index (χ4v) is 7.28. The molecule has 4 nitrogen and oxygen atoms in total. The summed E-state index contributed by atoms with van der Waals surface area (Å²) in [5.41, 5.74) is 9.42. The summed E-state index contributed by atoms with van der Waals surface area (Å²) in [7, 11) is 0. The van der Waals surface area contributed by atoms with Gasteiger partial charge in [-0.1, -0.05) is 135 Å². The molecule has 0 bridgehead atoms. The van der Waals surface area contributed by atoms with Gasteiger partial charge in [0.25, 0.3) is 0 Å². The van der Waals surface area contributed by atoms with E-state index < -0.39 is 0 Å². The first-order valence-corrected chi connectivity index (χ1v) is 15.1. The number of hydrogen-bond acceptors (Lipinski definition) is 3. The quantitative estimate of drug-likeness (QED) is 0.215. The third-order valence-electron chi connectivity index (χ3n) is 9.24. The van der Waals surface area contributed by atoms with Gasteiger partial charge in [-0.3, -0.25) is 4.57 Å². The smallest absolute Gasteiger partial charge is 0.238 e. The van der Waals surface area contributed by atoms with Gasteiger partial charge in [0.15, 0.2) is 11.6 Å². The van der Waals surface area contributed by atoms with Crippen molar-refractivity contribution in [1.29, 1.82) is 0 Å². The van der Waals surface area contributed by atoms with Crippen molar-refractivity contribution in [3.05, 3.63) is 145 Å². The van der Waals surface area contributed by atoms with Gasteiger partial charge < -0.3 is 0 Å². The van der Waals surface area contributed by atoms with Crippen LogP contribution in [0.4, 0.5) is 0 Å². The molecule has 6 aromatic carbocycles. The minimum atomic E-state index is -0.0964. The topological polar surface area (TPSA) is 43.6 Å².